The number of amides is 1. The number of hydrogen-bond acceptors (Lipinski definition) is 3. The minimum atomic E-state index is -0.260. The quantitative estimate of drug-likeness (QED) is 0.767. The van der Waals surface area contributed by atoms with Crippen molar-refractivity contribution in [2.45, 2.75) is 32.1 Å². The number of benzene rings is 1. The normalized spacial score (nSPS) is 14.0. The molecule has 26 heavy (non-hydrogen) atoms. The Morgan fingerprint density at radius 3 is 2.88 bits per heavy atom. The molecule has 0 atom stereocenters. The number of fused-ring (bicyclic) bond motifs is 1. The molecule has 2 heterocycles. The Balaban J connectivity index is 1.57. The standard InChI is InChI=1S/C20H21FN4O/c1-12-18-16(11-17(14-6-7-14)23-19(18)25(2)24-12)20(26)22-9-8-13-4-3-5-15(21)10-13/h3-5,10-11,14H,6-9H2,1-2H3,(H,22,26). The molecule has 0 unspecified atom stereocenters. The molecular weight excluding hydrogens is 331 g/mol. The van der Waals surface area contributed by atoms with Crippen molar-refractivity contribution in [1.82, 2.24) is 20.1 Å². The molecule has 6 heteroatoms. The van der Waals surface area contributed by atoms with Gasteiger partial charge in [-0.2, -0.15) is 5.10 Å². The number of rotatable bonds is 5. The Bertz CT molecular complexity index is 991. The molecule has 1 N–H and O–H groups in total. The number of pyridine rings is 1. The van der Waals surface area contributed by atoms with Crippen molar-refractivity contribution in [2.24, 2.45) is 7.05 Å². The molecule has 1 aromatic carbocycles. The summed E-state index contributed by atoms with van der Waals surface area (Å²) in [5.74, 6) is 0.0602. The Morgan fingerprint density at radius 1 is 1.35 bits per heavy atom. The van der Waals surface area contributed by atoms with Crippen molar-refractivity contribution in [2.75, 3.05) is 6.54 Å². The van der Waals surface area contributed by atoms with Gasteiger partial charge in [-0.25, -0.2) is 9.37 Å². The predicted molar refractivity (Wildman–Crippen MR) is 97.7 cm³/mol. The van der Waals surface area contributed by atoms with Crippen LogP contribution in [0.25, 0.3) is 11.0 Å². The number of hydrogen-bond donors (Lipinski definition) is 1. The summed E-state index contributed by atoms with van der Waals surface area (Å²) in [6.07, 6.45) is 2.82. The lowest BCUT2D eigenvalue weighted by molar-refractivity contribution is 0.0955. The first kappa shape index (κ1) is 16.7. The zero-order valence-electron chi connectivity index (χ0n) is 14.9. The summed E-state index contributed by atoms with van der Waals surface area (Å²) in [6, 6.07) is 8.36. The van der Waals surface area contributed by atoms with Crippen molar-refractivity contribution in [3.63, 3.8) is 0 Å². The maximum Gasteiger partial charge on any atom is 0.252 e. The summed E-state index contributed by atoms with van der Waals surface area (Å²) < 4.78 is 15.0. The Hall–Kier alpha value is -2.76. The first-order valence-electron chi connectivity index (χ1n) is 8.90. The average molecular weight is 352 g/mol. The molecule has 1 saturated carbocycles. The van der Waals surface area contributed by atoms with E-state index in [-0.39, 0.29) is 11.7 Å². The third-order valence-corrected chi connectivity index (χ3v) is 4.82. The fraction of sp³-hybridized carbons (Fsp3) is 0.350. The monoisotopic (exact) mass is 352 g/mol. The molecule has 1 amide bonds. The van der Waals surface area contributed by atoms with Gasteiger partial charge in [0, 0.05) is 25.2 Å². The highest BCUT2D eigenvalue weighted by atomic mass is 19.1. The lowest BCUT2D eigenvalue weighted by Crippen LogP contribution is -2.26. The zero-order valence-corrected chi connectivity index (χ0v) is 14.9. The van der Waals surface area contributed by atoms with Gasteiger partial charge in [-0.1, -0.05) is 12.1 Å². The third-order valence-electron chi connectivity index (χ3n) is 4.82. The Labute approximate surface area is 151 Å². The van der Waals surface area contributed by atoms with Crippen LogP contribution in [0.5, 0.6) is 0 Å². The van der Waals surface area contributed by atoms with Crippen LogP contribution in [-0.2, 0) is 13.5 Å². The van der Waals surface area contributed by atoms with Crippen LogP contribution in [0, 0.1) is 12.7 Å². The van der Waals surface area contributed by atoms with Crippen LogP contribution in [-0.4, -0.2) is 27.2 Å². The van der Waals surface area contributed by atoms with Gasteiger partial charge in [0.1, 0.15) is 5.82 Å². The predicted octanol–water partition coefficient (Wildman–Crippen LogP) is 3.27. The lowest BCUT2D eigenvalue weighted by Gasteiger charge is -2.09. The van der Waals surface area contributed by atoms with Gasteiger partial charge in [0.05, 0.1) is 16.6 Å². The molecule has 0 saturated heterocycles. The maximum atomic E-state index is 13.3. The van der Waals surface area contributed by atoms with Gasteiger partial charge in [0.25, 0.3) is 5.91 Å². The summed E-state index contributed by atoms with van der Waals surface area (Å²) in [7, 11) is 1.85. The maximum absolute atomic E-state index is 13.3. The van der Waals surface area contributed by atoms with E-state index in [1.54, 1.807) is 10.7 Å². The molecule has 3 aromatic rings. The van der Waals surface area contributed by atoms with E-state index in [0.29, 0.717) is 24.4 Å². The largest absolute Gasteiger partial charge is 0.352 e. The van der Waals surface area contributed by atoms with Gasteiger partial charge in [-0.3, -0.25) is 9.48 Å². The second-order valence-corrected chi connectivity index (χ2v) is 6.91. The van der Waals surface area contributed by atoms with E-state index in [1.807, 2.05) is 26.1 Å². The van der Waals surface area contributed by atoms with Crippen LogP contribution in [0.4, 0.5) is 4.39 Å². The molecule has 0 spiro atoms. The average Bonchev–Trinajstić information content (AvgIpc) is 3.41. The minimum absolute atomic E-state index is 0.133. The fourth-order valence-corrected chi connectivity index (χ4v) is 3.34. The molecule has 1 aliphatic rings. The summed E-state index contributed by atoms with van der Waals surface area (Å²) in [6.45, 7) is 2.34. The van der Waals surface area contributed by atoms with E-state index in [2.05, 4.69) is 10.4 Å². The summed E-state index contributed by atoms with van der Waals surface area (Å²) >= 11 is 0. The summed E-state index contributed by atoms with van der Waals surface area (Å²) in [5.41, 5.74) is 4.01. The van der Waals surface area contributed by atoms with Gasteiger partial charge >= 0.3 is 0 Å². The molecule has 0 radical (unpaired) electrons. The molecule has 2 aromatic heterocycles. The van der Waals surface area contributed by atoms with E-state index < -0.39 is 0 Å². The molecule has 4 rings (SSSR count). The fourth-order valence-electron chi connectivity index (χ4n) is 3.34. The summed E-state index contributed by atoms with van der Waals surface area (Å²) in [5, 5.41) is 8.19. The first-order chi connectivity index (χ1) is 12.5. The number of nitrogens with zero attached hydrogens (tertiary/aromatic N) is 3. The molecule has 1 aliphatic carbocycles. The number of nitrogens with one attached hydrogen (secondary N) is 1. The Morgan fingerprint density at radius 2 is 2.15 bits per heavy atom. The summed E-state index contributed by atoms with van der Waals surface area (Å²) in [4.78, 5) is 17.5. The van der Waals surface area contributed by atoms with Gasteiger partial charge in [0.15, 0.2) is 5.65 Å². The highest BCUT2D eigenvalue weighted by molar-refractivity contribution is 6.06. The first-order valence-corrected chi connectivity index (χ1v) is 8.90. The molecule has 134 valence electrons. The second-order valence-electron chi connectivity index (χ2n) is 6.91. The molecular formula is C20H21FN4O. The number of carbonyl (C=O) groups is 1. The molecule has 5 nitrogen and oxygen atoms in total. The van der Waals surface area contributed by atoms with E-state index >= 15 is 0 Å². The van der Waals surface area contributed by atoms with Crippen LogP contribution in [0.15, 0.2) is 30.3 Å². The molecule has 1 fully saturated rings. The van der Waals surface area contributed by atoms with Crippen molar-refractivity contribution in [3.8, 4) is 0 Å². The van der Waals surface area contributed by atoms with Gasteiger partial charge < -0.3 is 5.32 Å². The zero-order chi connectivity index (χ0) is 18.3. The van der Waals surface area contributed by atoms with Crippen LogP contribution in [0.2, 0.25) is 0 Å². The van der Waals surface area contributed by atoms with Crippen LogP contribution >= 0.6 is 0 Å². The SMILES string of the molecule is Cc1nn(C)c2nc(C3CC3)cc(C(=O)NCCc3cccc(F)c3)c12. The highest BCUT2D eigenvalue weighted by Gasteiger charge is 2.28. The van der Waals surface area contributed by atoms with Gasteiger partial charge in [-0.15, -0.1) is 0 Å². The van der Waals surface area contributed by atoms with Crippen molar-refractivity contribution < 1.29 is 9.18 Å². The van der Waals surface area contributed by atoms with Crippen molar-refractivity contribution in [3.05, 3.63) is 58.7 Å². The van der Waals surface area contributed by atoms with Crippen LogP contribution < -0.4 is 5.32 Å². The number of aromatic nitrogens is 3. The minimum Gasteiger partial charge on any atom is -0.352 e. The topological polar surface area (TPSA) is 59.8 Å². The van der Waals surface area contributed by atoms with Gasteiger partial charge in [-0.05, 0) is 49.9 Å². The highest BCUT2D eigenvalue weighted by Crippen LogP contribution is 2.40. The van der Waals surface area contributed by atoms with Crippen LogP contribution in [0.1, 0.15) is 46.1 Å². The van der Waals surface area contributed by atoms with Crippen molar-refractivity contribution in [1.29, 1.82) is 0 Å². The molecule has 0 aliphatic heterocycles. The third kappa shape index (κ3) is 3.19. The van der Waals surface area contributed by atoms with Crippen molar-refractivity contribution >= 4 is 16.9 Å². The number of aryl methyl sites for hydroxylation is 2. The van der Waals surface area contributed by atoms with Crippen LogP contribution in [0.3, 0.4) is 0 Å². The van der Waals surface area contributed by atoms with E-state index in [1.165, 1.54) is 12.1 Å². The lowest BCUT2D eigenvalue weighted by atomic mass is 10.1. The second kappa shape index (κ2) is 6.52. The molecule has 0 bridgehead atoms. The van der Waals surface area contributed by atoms with Gasteiger partial charge in [0.2, 0.25) is 0 Å². The van der Waals surface area contributed by atoms with E-state index in [9.17, 15) is 9.18 Å². The number of carbonyl (C=O) groups excluding carboxylic acids is 1. The Kier molecular flexibility index (Phi) is 4.18. The van der Waals surface area contributed by atoms with E-state index in [4.69, 9.17) is 4.98 Å². The number of halogens is 1. The smallest absolute Gasteiger partial charge is 0.252 e. The van der Waals surface area contributed by atoms with E-state index in [0.717, 1.165) is 40.8 Å².